The fourth-order valence-electron chi connectivity index (χ4n) is 16.0. The Kier molecular flexibility index (Phi) is 23.9. The van der Waals surface area contributed by atoms with E-state index in [-0.39, 0.29) is 104 Å². The molecule has 21 rings (SSSR count). The van der Waals surface area contributed by atoms with Crippen molar-refractivity contribution in [1.29, 1.82) is 0 Å². The summed E-state index contributed by atoms with van der Waals surface area (Å²) in [7, 11) is -29.9. The van der Waals surface area contributed by atoms with E-state index in [9.17, 15) is 71.1 Å². The van der Waals surface area contributed by atoms with Gasteiger partial charge in [-0.25, -0.2) is 85.4 Å². The molecule has 9 aliphatic rings. The fraction of sp³-hybridized carbons (Fsp3) is 0.476. The van der Waals surface area contributed by atoms with E-state index in [1.54, 1.807) is 10.6 Å². The predicted molar refractivity (Wildman–Crippen MR) is 429 cm³/mol. The number of H-pyrrole nitrogens is 3. The standard InChI is InChI=1S/C21H23F2N9O11P2.C21H24FN9O11P2.C21H25N9O11P2/c22-10-8-3-38-44(34,35)42-14-9(41-19(11(14)23)31-5-27-12-7(24)1-2-26-16(12)31)4-39-45(36,37)43-15(10)20(40-8)32-6-28-13-17(32)29-21(25)30-18(13)33;22-12-15-11(40-20(12)30-6-26-13-9(23)1-2-25-16(13)30)5-38-43(33,34)41-10-3-8(4-37-44(35,36)42-15)39-19(10)31-7-27-14-17(31)28-21(24)29-18(14)32;22-10-1-2-24-17-15(10)25-7-29(17)14-4-11-13(39-14)6-37-43(34,35)41-12-3-9(5-36-42(32,33)40-11)38-20(12)30-8-26-16-18(30)27-21(23)28-19(16)31/h1-2,5-6,8-11,14-15,19-20H,3-4H2,(H2,24,26)(H,34,35)(H,36,37)(H3,25,29,30,33);1-2,6-8,10-12,15,19-20H,3-5H2,(H2,23,25)(H,33,34)(H,35,36)(H3,24,28,29,32);1-2,7-9,11-14,20H,3-6H2,(H2,22,24)(H,32,33)(H,34,35)(H3,23,27,28,31)/t8-,9-,10+,11?,14+,15?,19-,20-;8-,10?,11+,12?,15-,19+,20+;9-,11-,12+,13+,14+,20+/m100/s1. The average Bonchev–Trinajstić information content (AvgIpc) is 1.62. The number of fused-ring (bicyclic) bond motifs is 15. The van der Waals surface area contributed by atoms with Gasteiger partial charge in [-0.05, 0) is 18.2 Å². The molecule has 21 heterocycles. The molecule has 132 heavy (non-hydrogen) atoms. The molecule has 708 valence electrons. The molecular formula is C63H72F3N27O33P6. The monoisotopic (exact) mass is 1980 g/mol. The Bertz CT molecular complexity index is 7000. The van der Waals surface area contributed by atoms with Crippen molar-refractivity contribution in [1.82, 2.24) is 102 Å². The van der Waals surface area contributed by atoms with Gasteiger partial charge in [-0.15, -0.1) is 0 Å². The minimum Gasteiger partial charge on any atom is -0.397 e. The summed E-state index contributed by atoms with van der Waals surface area (Å²) < 4.78 is 231. The number of hydrogen-bond acceptors (Lipinski definition) is 45. The van der Waals surface area contributed by atoms with Gasteiger partial charge in [0.15, 0.2) is 100 Å². The van der Waals surface area contributed by atoms with E-state index in [1.807, 2.05) is 0 Å². The molecule has 9 fully saturated rings. The van der Waals surface area contributed by atoms with Crippen LogP contribution in [0.1, 0.15) is 56.6 Å². The quantitative estimate of drug-likeness (QED) is 0.102. The molecule has 0 amide bonds. The molecule has 0 saturated carbocycles. The number of ether oxygens (including phenoxy) is 6. The van der Waals surface area contributed by atoms with Crippen LogP contribution in [0.3, 0.4) is 0 Å². The van der Waals surface area contributed by atoms with Gasteiger partial charge in [-0.2, -0.15) is 15.0 Å². The Morgan fingerprint density at radius 2 is 0.629 bits per heavy atom. The molecule has 0 spiro atoms. The van der Waals surface area contributed by atoms with E-state index in [4.69, 9.17) is 117 Å². The lowest BCUT2D eigenvalue weighted by Crippen LogP contribution is -2.34. The fourth-order valence-corrected chi connectivity index (χ4v) is 21.7. The molecule has 0 aliphatic carbocycles. The van der Waals surface area contributed by atoms with Crippen molar-refractivity contribution in [3.63, 3.8) is 0 Å². The van der Waals surface area contributed by atoms with Gasteiger partial charge in [-0.1, -0.05) is 0 Å². The highest BCUT2D eigenvalue weighted by Gasteiger charge is 2.58. The van der Waals surface area contributed by atoms with Crippen LogP contribution in [0.2, 0.25) is 0 Å². The third-order valence-corrected chi connectivity index (χ3v) is 27.8. The van der Waals surface area contributed by atoms with Gasteiger partial charge in [0.1, 0.15) is 83.8 Å². The van der Waals surface area contributed by atoms with Gasteiger partial charge >= 0.3 is 46.9 Å². The second kappa shape index (κ2) is 34.7. The Morgan fingerprint density at radius 1 is 0.318 bits per heavy atom. The zero-order valence-corrected chi connectivity index (χ0v) is 71.8. The number of hydrogen-bond donors (Lipinski definition) is 15. The first-order valence-electron chi connectivity index (χ1n) is 38.8. The molecule has 27 atom stereocenters. The largest absolute Gasteiger partial charge is 0.472 e. The minimum absolute atomic E-state index is 0.00799. The zero-order chi connectivity index (χ0) is 92.9. The number of anilines is 6. The van der Waals surface area contributed by atoms with Crippen LogP contribution in [0.15, 0.2) is 89.1 Å². The summed E-state index contributed by atoms with van der Waals surface area (Å²) in [6.45, 7) is -4.35. The lowest BCUT2D eigenvalue weighted by atomic mass is 10.1. The minimum atomic E-state index is -5.23. The van der Waals surface area contributed by atoms with E-state index in [0.29, 0.717) is 16.9 Å². The lowest BCUT2D eigenvalue weighted by molar-refractivity contribution is -0.0670. The first-order valence-corrected chi connectivity index (χ1v) is 47.8. The number of pyridine rings is 3. The van der Waals surface area contributed by atoms with Crippen molar-refractivity contribution in [2.75, 3.05) is 74.0 Å². The van der Waals surface area contributed by atoms with Crippen molar-refractivity contribution in [2.45, 2.75) is 148 Å². The normalized spacial score (nSPS) is 36.6. The van der Waals surface area contributed by atoms with E-state index in [0.717, 1.165) is 15.5 Å². The topological polar surface area (TPSA) is 829 Å². The number of nitrogens with zero attached hydrogens (tertiary/aromatic N) is 18. The Morgan fingerprint density at radius 3 is 1.03 bits per heavy atom. The van der Waals surface area contributed by atoms with Crippen molar-refractivity contribution in [2.24, 2.45) is 0 Å². The molecule has 6 bridgehead atoms. The Labute approximate surface area is 729 Å². The molecule has 60 nitrogen and oxygen atoms in total. The number of nitrogens with two attached hydrogens (primary N) is 6. The summed E-state index contributed by atoms with van der Waals surface area (Å²) in [6.07, 6.45) is -20.5. The number of halogens is 3. The van der Waals surface area contributed by atoms with Gasteiger partial charge in [0.2, 0.25) is 17.8 Å². The van der Waals surface area contributed by atoms with Crippen LogP contribution >= 0.6 is 46.9 Å². The Balaban J connectivity index is 0.000000128. The first kappa shape index (κ1) is 91.1. The van der Waals surface area contributed by atoms with Crippen LogP contribution in [0.25, 0.3) is 67.0 Å². The van der Waals surface area contributed by atoms with Crippen LogP contribution in [-0.2, 0) is 110 Å². The molecule has 21 N–H and O–H groups in total. The molecule has 0 aromatic carbocycles. The number of nitrogens with one attached hydrogen (secondary N) is 3. The highest BCUT2D eigenvalue weighted by Crippen LogP contribution is 2.59. The summed E-state index contributed by atoms with van der Waals surface area (Å²) in [5.74, 6) is -0.745. The van der Waals surface area contributed by atoms with Gasteiger partial charge in [0.25, 0.3) is 16.7 Å². The maximum atomic E-state index is 15.9. The molecular weight excluding hydrogens is 1910 g/mol. The number of nitrogen functional groups attached to an aromatic ring is 6. The van der Waals surface area contributed by atoms with E-state index < -0.39 is 232 Å². The predicted octanol–water partition coefficient (Wildman–Crippen LogP) is 0.810. The highest BCUT2D eigenvalue weighted by molar-refractivity contribution is 7.48. The molecule has 12 aromatic heterocycles. The molecule has 9 aliphatic heterocycles. The summed E-state index contributed by atoms with van der Waals surface area (Å²) in [6, 6.07) is 4.55. The summed E-state index contributed by atoms with van der Waals surface area (Å²) in [4.78, 5) is 156. The molecule has 12 aromatic rings. The lowest BCUT2D eigenvalue weighted by Gasteiger charge is -2.25. The van der Waals surface area contributed by atoms with Crippen LogP contribution in [0, 0.1) is 0 Å². The van der Waals surface area contributed by atoms with E-state index in [1.165, 1.54) is 76.1 Å². The second-order valence-corrected chi connectivity index (χ2v) is 38.8. The van der Waals surface area contributed by atoms with Crippen molar-refractivity contribution >= 4 is 149 Å². The van der Waals surface area contributed by atoms with E-state index >= 15 is 13.2 Å². The summed E-state index contributed by atoms with van der Waals surface area (Å²) >= 11 is 0. The average molecular weight is 1980 g/mol. The van der Waals surface area contributed by atoms with Gasteiger partial charge in [0, 0.05) is 37.9 Å². The number of phosphoric ester groups is 6. The van der Waals surface area contributed by atoms with Crippen LogP contribution in [0.4, 0.5) is 48.1 Å². The summed E-state index contributed by atoms with van der Waals surface area (Å²) in [5, 5.41) is 0. The van der Waals surface area contributed by atoms with E-state index in [2.05, 4.69) is 74.8 Å². The second-order valence-electron chi connectivity index (χ2n) is 30.4. The maximum Gasteiger partial charge on any atom is 0.472 e. The number of imidazole rings is 6. The zero-order valence-electron chi connectivity index (χ0n) is 66.5. The number of aromatic nitrogens is 21. The van der Waals surface area contributed by atoms with Crippen LogP contribution < -0.4 is 51.1 Å². The number of aromatic amines is 3. The maximum absolute atomic E-state index is 15.9. The smallest absolute Gasteiger partial charge is 0.397 e. The third-order valence-electron chi connectivity index (χ3n) is 21.8. The highest BCUT2D eigenvalue weighted by atomic mass is 31.2. The van der Waals surface area contributed by atoms with Crippen LogP contribution in [0.5, 0.6) is 0 Å². The Hall–Kier alpha value is -10.1. The van der Waals surface area contributed by atoms with Gasteiger partial charge < -0.3 is 92.2 Å². The number of rotatable bonds is 6. The van der Waals surface area contributed by atoms with Crippen molar-refractivity contribution in [3.05, 3.63) is 106 Å². The summed E-state index contributed by atoms with van der Waals surface area (Å²) in [5.41, 5.74) is 34.6. The number of phosphoric acid groups is 6. The first-order chi connectivity index (χ1) is 62.7. The van der Waals surface area contributed by atoms with Gasteiger partial charge in [0.05, 0.1) is 107 Å². The molecule has 9 saturated heterocycles. The molecule has 69 heteroatoms. The van der Waals surface area contributed by atoms with Crippen molar-refractivity contribution < 1.29 is 153 Å². The third kappa shape index (κ3) is 17.9. The molecule has 10 unspecified atom stereocenters. The van der Waals surface area contributed by atoms with Crippen LogP contribution in [-0.4, -0.2) is 263 Å². The van der Waals surface area contributed by atoms with Gasteiger partial charge in [-0.3, -0.25) is 111 Å². The molecule has 0 radical (unpaired) electrons. The van der Waals surface area contributed by atoms with Crippen molar-refractivity contribution in [3.8, 4) is 0 Å². The SMILES string of the molecule is Nc1nc2c(ncn2[C@@H]2O[C@@H]3COP(=O)(O)O[C@@H]4C(F)[C@H](n5cnc6c(N)ccnc65)O[C@@H]4COP(=O)(O)OC2C3)c(=O)[nH]1.Nc1nc2c(ncn2[C@@H]2O[C@@H]3COP(=O)(O)O[C@@H]4C(F)[C@H](n5cnc6c(N)ccnc65)O[C@@H]4COP(=O)(O)OC2[C@H]3F)c(=O)[nH]1.Nc1nc2c(ncn2[C@@H]2O[C@@H]3COP(=O)(O)O[C@H]4C[C@H](n5cnc6c(N)ccnc65)O[C@@H]4COP(=O)(O)O[C@@H]2C3)c(=O)[nH]1. The number of alkyl halides is 3.